The zero-order chi connectivity index (χ0) is 18.5. The van der Waals surface area contributed by atoms with Gasteiger partial charge in [0.15, 0.2) is 0 Å². The molecule has 13 heteroatoms. The summed E-state index contributed by atoms with van der Waals surface area (Å²) < 4.78 is 51.0. The topological polar surface area (TPSA) is 136 Å². The molecule has 9 nitrogen and oxygen atoms in total. The molecule has 0 bridgehead atoms. The van der Waals surface area contributed by atoms with Gasteiger partial charge in [0.05, 0.1) is 29.5 Å². The number of nitro benzene ring substituents is 1. The number of non-ortho nitro benzene ring substituents is 1. The number of nitrogens with zero attached hydrogens (tertiary/aromatic N) is 2. The SMILES string of the molecule is CN(CC(=O)NCC(F)(F)CN)S(=O)(=O)c1cccc([N+](=O)[O-])c1.Cl. The Labute approximate surface area is 148 Å². The zero-order valence-electron chi connectivity index (χ0n) is 13.0. The van der Waals surface area contributed by atoms with Crippen LogP contribution in [0.5, 0.6) is 0 Å². The highest BCUT2D eigenvalue weighted by molar-refractivity contribution is 7.89. The fraction of sp³-hybridized carbons (Fsp3) is 0.417. The lowest BCUT2D eigenvalue weighted by Gasteiger charge is -2.18. The standard InChI is InChI=1S/C12H16F2N4O5S.ClH/c1-17(6-11(19)16-8-12(13,14)7-15)24(22,23)10-4-2-3-9(5-10)18(20)21;/h2-5H,6-8,15H2,1H3,(H,16,19);1H. The molecule has 0 saturated carbocycles. The largest absolute Gasteiger partial charge is 0.349 e. The van der Waals surface area contributed by atoms with Crippen molar-refractivity contribution in [3.63, 3.8) is 0 Å². The van der Waals surface area contributed by atoms with Crippen molar-refractivity contribution in [2.24, 2.45) is 5.73 Å². The number of amides is 1. The molecule has 0 unspecified atom stereocenters. The lowest BCUT2D eigenvalue weighted by Crippen LogP contribution is -2.45. The van der Waals surface area contributed by atoms with Gasteiger partial charge in [0.25, 0.3) is 11.6 Å². The van der Waals surface area contributed by atoms with Gasteiger partial charge in [-0.3, -0.25) is 14.9 Å². The molecule has 0 heterocycles. The Kier molecular flexibility index (Phi) is 8.31. The first-order valence-electron chi connectivity index (χ1n) is 6.55. The maximum Gasteiger partial charge on any atom is 0.277 e. The smallest absolute Gasteiger partial charge is 0.277 e. The van der Waals surface area contributed by atoms with E-state index in [-0.39, 0.29) is 17.3 Å². The van der Waals surface area contributed by atoms with Crippen LogP contribution < -0.4 is 11.1 Å². The van der Waals surface area contributed by atoms with Gasteiger partial charge in [-0.2, -0.15) is 4.31 Å². The number of hydrogen-bond donors (Lipinski definition) is 2. The third-order valence-electron chi connectivity index (χ3n) is 2.95. The molecule has 0 aliphatic rings. The minimum atomic E-state index is -4.19. The molecule has 0 radical (unpaired) electrons. The fourth-order valence-electron chi connectivity index (χ4n) is 1.58. The van der Waals surface area contributed by atoms with Gasteiger partial charge < -0.3 is 11.1 Å². The number of halogens is 3. The lowest BCUT2D eigenvalue weighted by atomic mass is 10.3. The molecule has 0 saturated heterocycles. The Morgan fingerprint density at radius 3 is 2.56 bits per heavy atom. The van der Waals surface area contributed by atoms with Crippen molar-refractivity contribution in [1.29, 1.82) is 0 Å². The number of nitro groups is 1. The first-order chi connectivity index (χ1) is 11.0. The fourth-order valence-corrected chi connectivity index (χ4v) is 2.75. The van der Waals surface area contributed by atoms with E-state index in [4.69, 9.17) is 5.73 Å². The zero-order valence-corrected chi connectivity index (χ0v) is 14.6. The van der Waals surface area contributed by atoms with Gasteiger partial charge in [-0.1, -0.05) is 6.07 Å². The number of hydrogen-bond acceptors (Lipinski definition) is 6. The number of carbonyl (C=O) groups excluding carboxylic acids is 1. The summed E-state index contributed by atoms with van der Waals surface area (Å²) in [6, 6.07) is 4.26. The third-order valence-corrected chi connectivity index (χ3v) is 4.75. The van der Waals surface area contributed by atoms with Crippen LogP contribution in [-0.4, -0.2) is 56.2 Å². The molecule has 0 spiro atoms. The number of carbonyl (C=O) groups is 1. The van der Waals surface area contributed by atoms with E-state index in [9.17, 15) is 32.1 Å². The second-order valence-corrected chi connectivity index (χ2v) is 6.90. The molecule has 142 valence electrons. The molecule has 1 aromatic rings. The van der Waals surface area contributed by atoms with E-state index >= 15 is 0 Å². The van der Waals surface area contributed by atoms with E-state index in [1.165, 1.54) is 6.07 Å². The van der Waals surface area contributed by atoms with Gasteiger partial charge in [-0.15, -0.1) is 12.4 Å². The number of alkyl halides is 2. The van der Waals surface area contributed by atoms with E-state index in [1.54, 1.807) is 0 Å². The maximum absolute atomic E-state index is 12.9. The Morgan fingerprint density at radius 2 is 2.04 bits per heavy atom. The van der Waals surface area contributed by atoms with Crippen LogP contribution in [0.3, 0.4) is 0 Å². The summed E-state index contributed by atoms with van der Waals surface area (Å²) in [4.78, 5) is 21.1. The van der Waals surface area contributed by atoms with Gasteiger partial charge >= 0.3 is 0 Å². The molecular formula is C12H17ClF2N4O5S. The van der Waals surface area contributed by atoms with Gasteiger partial charge in [-0.05, 0) is 6.07 Å². The monoisotopic (exact) mass is 402 g/mol. The Morgan fingerprint density at radius 1 is 1.44 bits per heavy atom. The summed E-state index contributed by atoms with van der Waals surface area (Å²) in [6.07, 6.45) is 0. The predicted octanol–water partition coefficient (Wildman–Crippen LogP) is 0.347. The predicted molar refractivity (Wildman–Crippen MR) is 87.2 cm³/mol. The lowest BCUT2D eigenvalue weighted by molar-refractivity contribution is -0.385. The highest BCUT2D eigenvalue weighted by atomic mass is 35.5. The van der Waals surface area contributed by atoms with E-state index in [0.29, 0.717) is 4.31 Å². The third kappa shape index (κ3) is 6.49. The molecule has 25 heavy (non-hydrogen) atoms. The van der Waals surface area contributed by atoms with Crippen LogP contribution in [0.25, 0.3) is 0 Å². The molecule has 0 aliphatic carbocycles. The first-order valence-corrected chi connectivity index (χ1v) is 7.99. The molecule has 0 fully saturated rings. The minimum Gasteiger partial charge on any atom is -0.349 e. The number of sulfonamides is 1. The van der Waals surface area contributed by atoms with Crippen LogP contribution in [0.2, 0.25) is 0 Å². The molecule has 1 rings (SSSR count). The van der Waals surface area contributed by atoms with Crippen LogP contribution in [0, 0.1) is 10.1 Å². The van der Waals surface area contributed by atoms with Crippen molar-refractivity contribution < 1.29 is 26.9 Å². The van der Waals surface area contributed by atoms with Crippen molar-refractivity contribution >= 4 is 34.0 Å². The second kappa shape index (κ2) is 8.99. The highest BCUT2D eigenvalue weighted by Crippen LogP contribution is 2.20. The number of nitrogens with two attached hydrogens (primary N) is 1. The summed E-state index contributed by atoms with van der Waals surface area (Å²) in [7, 11) is -3.14. The summed E-state index contributed by atoms with van der Waals surface area (Å²) in [5.74, 6) is -4.26. The van der Waals surface area contributed by atoms with Crippen LogP contribution in [0.4, 0.5) is 14.5 Å². The summed E-state index contributed by atoms with van der Waals surface area (Å²) in [6.45, 7) is -2.71. The van der Waals surface area contributed by atoms with E-state index in [1.807, 2.05) is 5.32 Å². The summed E-state index contributed by atoms with van der Waals surface area (Å²) >= 11 is 0. The van der Waals surface area contributed by atoms with Crippen molar-refractivity contribution in [1.82, 2.24) is 9.62 Å². The van der Waals surface area contributed by atoms with Gasteiger partial charge in [0.2, 0.25) is 15.9 Å². The van der Waals surface area contributed by atoms with Crippen LogP contribution >= 0.6 is 12.4 Å². The second-order valence-electron chi connectivity index (χ2n) is 4.85. The quantitative estimate of drug-likeness (QED) is 0.475. The maximum atomic E-state index is 12.9. The van der Waals surface area contributed by atoms with E-state index < -0.39 is 52.1 Å². The van der Waals surface area contributed by atoms with Crippen LogP contribution in [0.1, 0.15) is 0 Å². The normalized spacial score (nSPS) is 11.7. The Hall–Kier alpha value is -1.89. The van der Waals surface area contributed by atoms with Crippen molar-refractivity contribution in [2.45, 2.75) is 10.8 Å². The van der Waals surface area contributed by atoms with E-state index in [2.05, 4.69) is 0 Å². The Balaban J connectivity index is 0.00000576. The average Bonchev–Trinajstić information content (AvgIpc) is 2.53. The van der Waals surface area contributed by atoms with Crippen molar-refractivity contribution in [3.8, 4) is 0 Å². The highest BCUT2D eigenvalue weighted by Gasteiger charge is 2.29. The average molecular weight is 403 g/mol. The van der Waals surface area contributed by atoms with Crippen molar-refractivity contribution in [3.05, 3.63) is 34.4 Å². The number of likely N-dealkylation sites (N-methyl/N-ethyl adjacent to an activating group) is 1. The molecule has 1 aromatic carbocycles. The molecule has 0 atom stereocenters. The molecule has 0 aliphatic heterocycles. The first kappa shape index (κ1) is 23.1. The number of nitrogens with one attached hydrogen (secondary N) is 1. The summed E-state index contributed by atoms with van der Waals surface area (Å²) in [5.41, 5.74) is 4.38. The molecule has 3 N–H and O–H groups in total. The number of benzene rings is 1. The van der Waals surface area contributed by atoms with Crippen LogP contribution in [-0.2, 0) is 14.8 Å². The molecular weight excluding hydrogens is 386 g/mol. The number of rotatable bonds is 8. The van der Waals surface area contributed by atoms with Gasteiger partial charge in [-0.25, -0.2) is 17.2 Å². The van der Waals surface area contributed by atoms with Crippen molar-refractivity contribution in [2.75, 3.05) is 26.7 Å². The summed E-state index contributed by atoms with van der Waals surface area (Å²) in [5, 5.41) is 12.6. The van der Waals surface area contributed by atoms with Gasteiger partial charge in [0.1, 0.15) is 0 Å². The van der Waals surface area contributed by atoms with Crippen LogP contribution in [0.15, 0.2) is 29.2 Å². The molecule has 1 amide bonds. The van der Waals surface area contributed by atoms with Gasteiger partial charge in [0, 0.05) is 19.2 Å². The Bertz CT molecular complexity index is 732. The minimum absolute atomic E-state index is 0. The van der Waals surface area contributed by atoms with E-state index in [0.717, 1.165) is 25.2 Å². The molecule has 0 aromatic heterocycles.